The highest BCUT2D eigenvalue weighted by Gasteiger charge is 2.38. The number of nitrogens with one attached hydrogen (secondary N) is 1. The van der Waals surface area contributed by atoms with Crippen molar-refractivity contribution in [3.8, 4) is 11.5 Å². The van der Waals surface area contributed by atoms with Gasteiger partial charge in [-0.3, -0.25) is 4.79 Å². The van der Waals surface area contributed by atoms with Gasteiger partial charge in [-0.25, -0.2) is 14.4 Å². The van der Waals surface area contributed by atoms with Crippen molar-refractivity contribution in [2.45, 2.75) is 33.1 Å². The molecule has 50 heavy (non-hydrogen) atoms. The zero-order valence-electron chi connectivity index (χ0n) is 29.9. The number of aromatic nitrogens is 1. The van der Waals surface area contributed by atoms with E-state index < -0.39 is 18.2 Å². The molecule has 0 radical (unpaired) electrons. The van der Waals surface area contributed by atoms with Crippen LogP contribution in [0.5, 0.6) is 11.5 Å². The van der Waals surface area contributed by atoms with E-state index in [4.69, 9.17) is 23.4 Å². The number of aromatic amines is 1. The largest absolute Gasteiger partial charge is 0.492 e. The highest BCUT2D eigenvalue weighted by molar-refractivity contribution is 6.14. The van der Waals surface area contributed by atoms with E-state index in [-0.39, 0.29) is 43.0 Å². The summed E-state index contributed by atoms with van der Waals surface area (Å²) in [5.74, 6) is -0.139. The normalized spacial score (nSPS) is 13.9. The van der Waals surface area contributed by atoms with Gasteiger partial charge in [0.05, 0.1) is 30.5 Å². The Morgan fingerprint density at radius 2 is 1.70 bits per heavy atom. The lowest BCUT2D eigenvalue weighted by atomic mass is 9.93. The van der Waals surface area contributed by atoms with Gasteiger partial charge in [0.1, 0.15) is 17.9 Å². The van der Waals surface area contributed by atoms with Crippen LogP contribution in [-0.4, -0.2) is 118 Å². The second-order valence-corrected chi connectivity index (χ2v) is 12.6. The monoisotopic (exact) mass is 691 g/mol. The number of aryl methyl sites for hydroxylation is 1. The Bertz CT molecular complexity index is 1910. The Labute approximate surface area is 290 Å². The van der Waals surface area contributed by atoms with Crippen LogP contribution in [0.25, 0.3) is 21.9 Å². The summed E-state index contributed by atoms with van der Waals surface area (Å²) in [6, 6.07) is 8.76. The van der Waals surface area contributed by atoms with Crippen molar-refractivity contribution in [1.29, 1.82) is 0 Å². The lowest BCUT2D eigenvalue weighted by Gasteiger charge is -2.22. The van der Waals surface area contributed by atoms with E-state index in [1.54, 1.807) is 57.1 Å². The minimum atomic E-state index is -0.695. The molecule has 268 valence electrons. The minimum Gasteiger partial charge on any atom is -0.492 e. The van der Waals surface area contributed by atoms with E-state index in [0.717, 1.165) is 17.5 Å². The number of esters is 1. The smallest absolute Gasteiger partial charge is 0.415 e. The van der Waals surface area contributed by atoms with Gasteiger partial charge in [0.2, 0.25) is 0 Å². The first-order valence-electron chi connectivity index (χ1n) is 16.6. The van der Waals surface area contributed by atoms with Gasteiger partial charge in [-0.05, 0) is 64.2 Å². The molecule has 2 aromatic heterocycles. The summed E-state index contributed by atoms with van der Waals surface area (Å²) in [4.78, 5) is 62.3. The lowest BCUT2D eigenvalue weighted by molar-refractivity contribution is 0.0602. The molecular weight excluding hydrogens is 646 g/mol. The van der Waals surface area contributed by atoms with E-state index >= 15 is 0 Å². The minimum absolute atomic E-state index is 0.131. The second kappa shape index (κ2) is 15.1. The number of rotatable bonds is 12. The number of methoxy groups -OCH3 is 1. The van der Waals surface area contributed by atoms with E-state index in [9.17, 15) is 19.2 Å². The molecule has 5 rings (SSSR count). The first-order valence-corrected chi connectivity index (χ1v) is 16.6. The summed E-state index contributed by atoms with van der Waals surface area (Å²) in [6.07, 6.45) is -0.528. The van der Waals surface area contributed by atoms with Crippen molar-refractivity contribution in [2.24, 2.45) is 0 Å². The average molecular weight is 692 g/mol. The van der Waals surface area contributed by atoms with E-state index in [1.165, 1.54) is 16.9 Å². The van der Waals surface area contributed by atoms with Crippen LogP contribution in [0.2, 0.25) is 0 Å². The molecule has 1 atom stereocenters. The third-order valence-corrected chi connectivity index (χ3v) is 8.84. The van der Waals surface area contributed by atoms with Crippen molar-refractivity contribution in [2.75, 3.05) is 79.6 Å². The number of hydrogen-bond donors (Lipinski definition) is 1. The number of fused-ring (bicyclic) bond motifs is 4. The summed E-state index contributed by atoms with van der Waals surface area (Å²) in [7, 11) is 8.38. The number of amides is 3. The molecule has 2 aromatic carbocycles. The predicted octanol–water partition coefficient (Wildman–Crippen LogP) is 5.62. The molecule has 3 amide bonds. The summed E-state index contributed by atoms with van der Waals surface area (Å²) in [5.41, 5.74) is 3.08. The Balaban J connectivity index is 1.51. The van der Waals surface area contributed by atoms with Gasteiger partial charge in [0, 0.05) is 68.7 Å². The first-order chi connectivity index (χ1) is 23.9. The average Bonchev–Trinajstić information content (AvgIpc) is 3.78. The quantitative estimate of drug-likeness (QED) is 0.186. The van der Waals surface area contributed by atoms with E-state index in [2.05, 4.69) is 4.98 Å². The molecule has 4 aromatic rings. The molecular formula is C36H45N5O9. The van der Waals surface area contributed by atoms with Gasteiger partial charge in [-0.1, -0.05) is 6.92 Å². The van der Waals surface area contributed by atoms with Crippen molar-refractivity contribution in [3.63, 3.8) is 0 Å². The van der Waals surface area contributed by atoms with Gasteiger partial charge in [-0.15, -0.1) is 0 Å². The van der Waals surface area contributed by atoms with Crippen LogP contribution in [0.4, 0.5) is 15.3 Å². The van der Waals surface area contributed by atoms with Gasteiger partial charge in [-0.2, -0.15) is 0 Å². The fourth-order valence-corrected chi connectivity index (χ4v) is 6.08. The van der Waals surface area contributed by atoms with Crippen molar-refractivity contribution in [1.82, 2.24) is 19.7 Å². The summed E-state index contributed by atoms with van der Waals surface area (Å²) < 4.78 is 28.0. The number of likely N-dealkylation sites (N-methyl/N-ethyl adjacent to an activating group) is 3. The van der Waals surface area contributed by atoms with Crippen molar-refractivity contribution in [3.05, 3.63) is 52.9 Å². The SMILES string of the molecule is CCOC(=O)N(C)CCN(C)C(=O)Oc1cc2c(c3c(C(=O)OC)c(C)[nH]c13)[C@H](CC)CN2C(=O)c1cc2cc(OCCN(C)C)ccc2o1. The maximum atomic E-state index is 14.2. The molecule has 1 N–H and O–H groups in total. The molecule has 1 aliphatic rings. The molecule has 0 saturated carbocycles. The van der Waals surface area contributed by atoms with E-state index in [1.807, 2.05) is 32.0 Å². The second-order valence-electron chi connectivity index (χ2n) is 12.6. The number of carbonyl (C=O) groups is 4. The topological polar surface area (TPSA) is 147 Å². The maximum absolute atomic E-state index is 14.2. The Hall–Kier alpha value is -5.24. The van der Waals surface area contributed by atoms with Crippen molar-refractivity contribution >= 4 is 51.6 Å². The van der Waals surface area contributed by atoms with Crippen LogP contribution >= 0.6 is 0 Å². The van der Waals surface area contributed by atoms with Gasteiger partial charge < -0.3 is 47.9 Å². The third-order valence-electron chi connectivity index (χ3n) is 8.84. The number of ether oxygens (including phenoxy) is 4. The van der Waals surface area contributed by atoms with Crippen LogP contribution in [0.1, 0.15) is 58.4 Å². The highest BCUT2D eigenvalue weighted by atomic mass is 16.6. The number of benzene rings is 2. The van der Waals surface area contributed by atoms with Gasteiger partial charge in [0.25, 0.3) is 5.91 Å². The number of hydrogen-bond acceptors (Lipinski definition) is 10. The molecule has 0 saturated heterocycles. The molecule has 0 aliphatic carbocycles. The van der Waals surface area contributed by atoms with Crippen LogP contribution in [0.3, 0.4) is 0 Å². The predicted molar refractivity (Wildman–Crippen MR) is 188 cm³/mol. The Morgan fingerprint density at radius 1 is 0.980 bits per heavy atom. The fourth-order valence-electron chi connectivity index (χ4n) is 6.08. The zero-order chi connectivity index (χ0) is 36.3. The number of H-pyrrole nitrogens is 1. The third kappa shape index (κ3) is 7.20. The molecule has 1 aliphatic heterocycles. The summed E-state index contributed by atoms with van der Waals surface area (Å²) in [5, 5.41) is 1.25. The summed E-state index contributed by atoms with van der Waals surface area (Å²) >= 11 is 0. The van der Waals surface area contributed by atoms with Crippen molar-refractivity contribution < 1.29 is 42.5 Å². The lowest BCUT2D eigenvalue weighted by Crippen LogP contribution is -2.38. The molecule has 0 bridgehead atoms. The highest BCUT2D eigenvalue weighted by Crippen LogP contribution is 2.48. The number of anilines is 1. The number of furan rings is 1. The summed E-state index contributed by atoms with van der Waals surface area (Å²) in [6.45, 7) is 7.67. The molecule has 0 fully saturated rings. The van der Waals surface area contributed by atoms with Crippen LogP contribution in [-0.2, 0) is 9.47 Å². The van der Waals surface area contributed by atoms with Gasteiger partial charge in [0.15, 0.2) is 11.5 Å². The molecule has 14 heteroatoms. The van der Waals surface area contributed by atoms with Gasteiger partial charge >= 0.3 is 18.2 Å². The van der Waals surface area contributed by atoms with E-state index in [0.29, 0.717) is 58.8 Å². The fraction of sp³-hybridized carbons (Fsp3) is 0.444. The Kier molecular flexibility index (Phi) is 10.9. The molecule has 0 unspecified atom stereocenters. The maximum Gasteiger partial charge on any atom is 0.415 e. The Morgan fingerprint density at radius 3 is 2.36 bits per heavy atom. The first kappa shape index (κ1) is 36.1. The van der Waals surface area contributed by atoms with Crippen LogP contribution in [0, 0.1) is 6.92 Å². The zero-order valence-corrected chi connectivity index (χ0v) is 29.9. The van der Waals surface area contributed by atoms with Crippen LogP contribution < -0.4 is 14.4 Å². The number of carbonyl (C=O) groups excluding carboxylic acids is 4. The molecule has 0 spiro atoms. The number of nitrogens with zero attached hydrogens (tertiary/aromatic N) is 4. The molecule has 3 heterocycles. The standard InChI is InChI=1S/C36H45N5O9/c1-9-22-20-41(33(42)28-18-23-17-24(11-12-26(23)49-28)48-16-15-38(4)5)25-19-27(32-31(30(22)25)29(21(3)37-32)34(43)46-8)50-36(45)40(7)14-13-39(6)35(44)47-10-2/h11-12,17-19,22,37H,9-10,13-16,20H2,1-8H3/t22-/m1/s1. The molecule has 14 nitrogen and oxygen atoms in total. The van der Waals surface area contributed by atoms with Crippen LogP contribution in [0.15, 0.2) is 34.7 Å².